The molecule has 2 unspecified atom stereocenters. The molecule has 0 radical (unpaired) electrons. The molecule has 0 aliphatic heterocycles. The summed E-state index contributed by atoms with van der Waals surface area (Å²) < 4.78 is 0. The van der Waals surface area contributed by atoms with Gasteiger partial charge in [0.05, 0.1) is 0 Å². The maximum absolute atomic E-state index is 2.53. The van der Waals surface area contributed by atoms with Crippen LogP contribution in [0.5, 0.6) is 0 Å². The van der Waals surface area contributed by atoms with Gasteiger partial charge in [0, 0.05) is 0 Å². The third-order valence-corrected chi connectivity index (χ3v) is 5.85. The first-order valence-corrected chi connectivity index (χ1v) is 8.60. The van der Waals surface area contributed by atoms with Crippen molar-refractivity contribution in [2.24, 2.45) is 23.2 Å². The Morgan fingerprint density at radius 2 is 1.44 bits per heavy atom. The third-order valence-electron chi connectivity index (χ3n) is 5.85. The van der Waals surface area contributed by atoms with Crippen molar-refractivity contribution in [2.75, 3.05) is 0 Å². The van der Waals surface area contributed by atoms with Crippen molar-refractivity contribution in [3.05, 3.63) is 0 Å². The average molecular weight is 252 g/mol. The van der Waals surface area contributed by atoms with Crippen LogP contribution in [0.15, 0.2) is 0 Å². The molecule has 3 fully saturated rings. The molecule has 0 spiro atoms. The van der Waals surface area contributed by atoms with E-state index in [2.05, 4.69) is 34.6 Å². The van der Waals surface area contributed by atoms with Gasteiger partial charge in [-0.05, 0) is 55.3 Å². The van der Waals surface area contributed by atoms with Crippen LogP contribution in [-0.4, -0.2) is 0 Å². The summed E-state index contributed by atoms with van der Waals surface area (Å²) >= 11 is 0. The van der Waals surface area contributed by atoms with Gasteiger partial charge in [0.25, 0.3) is 0 Å². The van der Waals surface area contributed by atoms with Crippen LogP contribution in [0.25, 0.3) is 0 Å². The minimum atomic E-state index is 0.755. The predicted molar refractivity (Wildman–Crippen MR) is 82.8 cm³/mol. The molecule has 0 amide bonds. The van der Waals surface area contributed by atoms with Crippen molar-refractivity contribution in [2.45, 2.75) is 92.4 Å². The Hall–Kier alpha value is 0. The molecule has 0 N–H and O–H groups in total. The molecule has 0 aromatic heterocycles. The normalized spacial score (nSPS) is 38.2. The van der Waals surface area contributed by atoms with Crippen LogP contribution in [-0.2, 0) is 0 Å². The number of unbranched alkanes of at least 4 members (excludes halogenated alkanes) is 2. The smallest absolute Gasteiger partial charge is 0.0246 e. The average Bonchev–Trinajstić information content (AvgIpc) is 2.38. The number of rotatable bonds is 4. The van der Waals surface area contributed by atoms with Crippen LogP contribution in [0.4, 0.5) is 0 Å². The molecule has 0 heterocycles. The fraction of sp³-hybridized carbons (Fsp3) is 1.00. The summed E-state index contributed by atoms with van der Waals surface area (Å²) in [5.74, 6) is 3.11. The van der Waals surface area contributed by atoms with Crippen LogP contribution >= 0.6 is 0 Å². The van der Waals surface area contributed by atoms with E-state index in [9.17, 15) is 0 Å². The van der Waals surface area contributed by atoms with Crippen LogP contribution in [0, 0.1) is 23.2 Å². The molecule has 3 aliphatic carbocycles. The first-order valence-electron chi connectivity index (χ1n) is 8.60. The Bertz CT molecular complexity index is 204. The molecular formula is C18H36. The Kier molecular flexibility index (Phi) is 6.74. The zero-order valence-electron chi connectivity index (χ0n) is 13.6. The van der Waals surface area contributed by atoms with Gasteiger partial charge in [-0.3, -0.25) is 0 Å². The minimum absolute atomic E-state index is 0.755. The van der Waals surface area contributed by atoms with Crippen LogP contribution in [0.3, 0.4) is 0 Å². The van der Waals surface area contributed by atoms with Crippen LogP contribution in [0.1, 0.15) is 92.4 Å². The summed E-state index contributed by atoms with van der Waals surface area (Å²) in [6.07, 6.45) is 13.1. The SMILES string of the molecule is CCCC.CCCCC12CCC(CC1C)CC2C. The first-order chi connectivity index (χ1) is 8.60. The Labute approximate surface area is 116 Å². The highest BCUT2D eigenvalue weighted by molar-refractivity contribution is 4.99. The van der Waals surface area contributed by atoms with Gasteiger partial charge in [-0.2, -0.15) is 0 Å². The standard InChI is InChI=1S/C14H26.C4H10/c1-4-5-7-14-8-6-13(9-11(14)2)10-12(14)3;1-3-4-2/h11-13H,4-10H2,1-3H3;3-4H2,1-2H3. The lowest BCUT2D eigenvalue weighted by atomic mass is 9.49. The number of hydrogen-bond acceptors (Lipinski definition) is 0. The Balaban J connectivity index is 0.000000357. The van der Waals surface area contributed by atoms with E-state index in [-0.39, 0.29) is 0 Å². The fourth-order valence-corrected chi connectivity index (χ4v) is 4.38. The van der Waals surface area contributed by atoms with Gasteiger partial charge in [0.1, 0.15) is 0 Å². The van der Waals surface area contributed by atoms with E-state index in [0.717, 1.165) is 23.2 Å². The molecular weight excluding hydrogens is 216 g/mol. The second-order valence-electron chi connectivity index (χ2n) is 7.01. The van der Waals surface area contributed by atoms with E-state index in [1.807, 2.05) is 0 Å². The quantitative estimate of drug-likeness (QED) is 0.539. The number of hydrogen-bond donors (Lipinski definition) is 0. The molecule has 0 aromatic rings. The van der Waals surface area contributed by atoms with Gasteiger partial charge in [-0.15, -0.1) is 0 Å². The lowest BCUT2D eigenvalue weighted by Gasteiger charge is -2.56. The van der Waals surface area contributed by atoms with Gasteiger partial charge in [0.15, 0.2) is 0 Å². The summed E-state index contributed by atoms with van der Waals surface area (Å²) in [5.41, 5.74) is 0.755. The van der Waals surface area contributed by atoms with Gasteiger partial charge in [0.2, 0.25) is 0 Å². The molecule has 0 saturated heterocycles. The van der Waals surface area contributed by atoms with Crippen molar-refractivity contribution in [3.63, 3.8) is 0 Å². The molecule has 18 heavy (non-hydrogen) atoms. The third kappa shape index (κ3) is 3.52. The molecule has 108 valence electrons. The van der Waals surface area contributed by atoms with E-state index in [1.54, 1.807) is 12.8 Å². The molecule has 2 atom stereocenters. The molecule has 3 aliphatic rings. The summed E-state index contributed by atoms with van der Waals surface area (Å²) in [6, 6.07) is 0. The first kappa shape index (κ1) is 16.1. The summed E-state index contributed by atoms with van der Waals surface area (Å²) in [5, 5.41) is 0. The van der Waals surface area contributed by atoms with Gasteiger partial charge >= 0.3 is 0 Å². The summed E-state index contributed by atoms with van der Waals surface area (Å²) in [7, 11) is 0. The second kappa shape index (κ2) is 7.56. The topological polar surface area (TPSA) is 0 Å². The number of fused-ring (bicyclic) bond motifs is 3. The van der Waals surface area contributed by atoms with E-state index in [1.165, 1.54) is 44.9 Å². The zero-order chi connectivity index (χ0) is 13.6. The van der Waals surface area contributed by atoms with Crippen LogP contribution < -0.4 is 0 Å². The zero-order valence-corrected chi connectivity index (χ0v) is 13.6. The van der Waals surface area contributed by atoms with Gasteiger partial charge < -0.3 is 0 Å². The van der Waals surface area contributed by atoms with Gasteiger partial charge in [-0.25, -0.2) is 0 Å². The molecule has 0 nitrogen and oxygen atoms in total. The molecule has 3 rings (SSSR count). The van der Waals surface area contributed by atoms with E-state index in [0.29, 0.717) is 0 Å². The maximum atomic E-state index is 2.53. The lowest BCUT2D eigenvalue weighted by Crippen LogP contribution is -2.46. The van der Waals surface area contributed by atoms with Crippen LogP contribution in [0.2, 0.25) is 0 Å². The maximum Gasteiger partial charge on any atom is -0.0246 e. The summed E-state index contributed by atoms with van der Waals surface area (Å²) in [6.45, 7) is 11.7. The lowest BCUT2D eigenvalue weighted by molar-refractivity contribution is -0.0558. The largest absolute Gasteiger partial charge is 0.0654 e. The highest BCUT2D eigenvalue weighted by atomic mass is 14.5. The molecule has 2 bridgehead atoms. The highest BCUT2D eigenvalue weighted by Gasteiger charge is 2.49. The minimum Gasteiger partial charge on any atom is -0.0654 e. The van der Waals surface area contributed by atoms with Crippen molar-refractivity contribution in [1.29, 1.82) is 0 Å². The molecule has 3 saturated carbocycles. The van der Waals surface area contributed by atoms with Crippen molar-refractivity contribution < 1.29 is 0 Å². The van der Waals surface area contributed by atoms with Gasteiger partial charge in [-0.1, -0.05) is 60.3 Å². The second-order valence-corrected chi connectivity index (χ2v) is 7.01. The predicted octanol–water partition coefficient (Wildman–Crippen LogP) is 6.45. The highest BCUT2D eigenvalue weighted by Crippen LogP contribution is 2.59. The summed E-state index contributed by atoms with van der Waals surface area (Å²) in [4.78, 5) is 0. The van der Waals surface area contributed by atoms with E-state index >= 15 is 0 Å². The van der Waals surface area contributed by atoms with E-state index in [4.69, 9.17) is 0 Å². The Morgan fingerprint density at radius 1 is 0.889 bits per heavy atom. The fourth-order valence-electron chi connectivity index (χ4n) is 4.38. The van der Waals surface area contributed by atoms with Crippen molar-refractivity contribution in [3.8, 4) is 0 Å². The molecule has 0 heteroatoms. The van der Waals surface area contributed by atoms with Crippen molar-refractivity contribution in [1.82, 2.24) is 0 Å². The Morgan fingerprint density at radius 3 is 1.83 bits per heavy atom. The van der Waals surface area contributed by atoms with E-state index < -0.39 is 0 Å². The molecule has 0 aromatic carbocycles. The monoisotopic (exact) mass is 252 g/mol. The van der Waals surface area contributed by atoms with Crippen molar-refractivity contribution >= 4 is 0 Å².